The van der Waals surface area contributed by atoms with Crippen LogP contribution in [-0.4, -0.2) is 39.2 Å². The summed E-state index contributed by atoms with van der Waals surface area (Å²) in [5.41, 5.74) is 1.12. The van der Waals surface area contributed by atoms with Gasteiger partial charge < -0.3 is 14.8 Å². The number of anilines is 1. The molecule has 0 saturated carbocycles. The molecule has 0 atom stereocenters. The first-order chi connectivity index (χ1) is 16.0. The first kappa shape index (κ1) is 21.7. The van der Waals surface area contributed by atoms with Crippen molar-refractivity contribution in [2.45, 2.75) is 13.8 Å². The number of aromatic nitrogens is 3. The van der Waals surface area contributed by atoms with Crippen LogP contribution in [0.3, 0.4) is 0 Å². The first-order valence-electron chi connectivity index (χ1n) is 10.2. The second-order valence-corrected chi connectivity index (χ2v) is 6.97. The minimum absolute atomic E-state index is 0.0942. The second kappa shape index (κ2) is 9.31. The zero-order chi connectivity index (χ0) is 23.4. The van der Waals surface area contributed by atoms with E-state index in [0.29, 0.717) is 17.1 Å². The summed E-state index contributed by atoms with van der Waals surface area (Å²) >= 11 is 0. The van der Waals surface area contributed by atoms with Gasteiger partial charge in [-0.25, -0.2) is 9.78 Å². The second-order valence-electron chi connectivity index (χ2n) is 6.97. The van der Waals surface area contributed by atoms with Crippen molar-refractivity contribution in [3.05, 3.63) is 78.0 Å². The fourth-order valence-electron chi connectivity index (χ4n) is 3.19. The highest BCUT2D eigenvalue weighted by Crippen LogP contribution is 2.23. The number of hydrogen-bond acceptors (Lipinski definition) is 7. The van der Waals surface area contributed by atoms with Gasteiger partial charge >= 0.3 is 11.9 Å². The standard InChI is InChI=1S/C24H20N4O5/c1-3-32-24(31)19-14-25-28(21-13-10-16-6-4-5-7-20(16)26-21)22(19)27-23(30)17-8-11-18(12-9-17)33-15(2)29/h4-14H,3H2,1-2H3,(H,27,30). The Bertz CT molecular complexity index is 1340. The Kier molecular flexibility index (Phi) is 6.12. The highest BCUT2D eigenvalue weighted by molar-refractivity contribution is 6.07. The summed E-state index contributed by atoms with van der Waals surface area (Å²) in [7, 11) is 0. The van der Waals surface area contributed by atoms with Crippen LogP contribution in [0.2, 0.25) is 0 Å². The molecule has 0 radical (unpaired) electrons. The van der Waals surface area contributed by atoms with Crippen LogP contribution in [0, 0.1) is 0 Å². The average Bonchev–Trinajstić information content (AvgIpc) is 3.22. The van der Waals surface area contributed by atoms with Gasteiger partial charge in [0.15, 0.2) is 11.6 Å². The van der Waals surface area contributed by atoms with Crippen molar-refractivity contribution < 1.29 is 23.9 Å². The summed E-state index contributed by atoms with van der Waals surface area (Å²) < 4.78 is 11.5. The van der Waals surface area contributed by atoms with Crippen molar-refractivity contribution in [1.29, 1.82) is 0 Å². The van der Waals surface area contributed by atoms with Gasteiger partial charge in [0.05, 0.1) is 18.3 Å². The van der Waals surface area contributed by atoms with Crippen molar-refractivity contribution in [2.75, 3.05) is 11.9 Å². The molecule has 0 spiro atoms. The van der Waals surface area contributed by atoms with Crippen LogP contribution in [0.15, 0.2) is 66.9 Å². The predicted octanol–water partition coefficient (Wildman–Crippen LogP) is 3.77. The topological polar surface area (TPSA) is 112 Å². The largest absolute Gasteiger partial charge is 0.462 e. The van der Waals surface area contributed by atoms with Gasteiger partial charge in [0.25, 0.3) is 5.91 Å². The number of nitrogens with one attached hydrogen (secondary N) is 1. The van der Waals surface area contributed by atoms with Gasteiger partial charge in [-0.3, -0.25) is 9.59 Å². The van der Waals surface area contributed by atoms with Gasteiger partial charge in [-0.1, -0.05) is 18.2 Å². The maximum atomic E-state index is 12.9. The minimum atomic E-state index is -0.620. The van der Waals surface area contributed by atoms with Gasteiger partial charge in [-0.15, -0.1) is 0 Å². The zero-order valence-corrected chi connectivity index (χ0v) is 17.9. The maximum absolute atomic E-state index is 12.9. The van der Waals surface area contributed by atoms with Crippen LogP contribution in [0.25, 0.3) is 16.7 Å². The molecule has 0 saturated heterocycles. The Morgan fingerprint density at radius 1 is 1.00 bits per heavy atom. The van der Waals surface area contributed by atoms with E-state index < -0.39 is 17.8 Å². The molecule has 2 aromatic carbocycles. The number of pyridine rings is 1. The minimum Gasteiger partial charge on any atom is -0.462 e. The molecule has 9 nitrogen and oxygen atoms in total. The number of ether oxygens (including phenoxy) is 2. The summed E-state index contributed by atoms with van der Waals surface area (Å²) in [5.74, 6) is -0.702. The van der Waals surface area contributed by atoms with Crippen LogP contribution in [0.4, 0.5) is 5.82 Å². The van der Waals surface area contributed by atoms with E-state index >= 15 is 0 Å². The Balaban J connectivity index is 1.70. The van der Waals surface area contributed by atoms with Crippen LogP contribution < -0.4 is 10.1 Å². The van der Waals surface area contributed by atoms with Crippen molar-refractivity contribution in [2.24, 2.45) is 0 Å². The molecule has 33 heavy (non-hydrogen) atoms. The molecule has 1 N–H and O–H groups in total. The summed E-state index contributed by atoms with van der Waals surface area (Å²) in [6, 6.07) is 17.2. The summed E-state index contributed by atoms with van der Waals surface area (Å²) in [5, 5.41) is 7.95. The third kappa shape index (κ3) is 4.72. The number of fused-ring (bicyclic) bond motifs is 1. The van der Waals surface area contributed by atoms with E-state index in [1.54, 1.807) is 13.0 Å². The molecule has 2 aromatic heterocycles. The molecule has 2 heterocycles. The molecule has 0 fully saturated rings. The van der Waals surface area contributed by atoms with Crippen molar-refractivity contribution in [3.63, 3.8) is 0 Å². The van der Waals surface area contributed by atoms with Gasteiger partial charge in [-0.05, 0) is 49.4 Å². The summed E-state index contributed by atoms with van der Waals surface area (Å²) in [6.07, 6.45) is 1.33. The molecule has 0 aliphatic carbocycles. The Labute approximate surface area is 189 Å². The fraction of sp³-hybridized carbons (Fsp3) is 0.125. The number of esters is 2. The summed E-state index contributed by atoms with van der Waals surface area (Å²) in [4.78, 5) is 41.1. The molecule has 0 aliphatic rings. The molecule has 4 aromatic rings. The average molecular weight is 444 g/mol. The van der Waals surface area contributed by atoms with Gasteiger partial charge in [0.1, 0.15) is 11.3 Å². The number of rotatable bonds is 6. The van der Waals surface area contributed by atoms with E-state index in [-0.39, 0.29) is 18.0 Å². The lowest BCUT2D eigenvalue weighted by Crippen LogP contribution is -2.18. The summed E-state index contributed by atoms with van der Waals surface area (Å²) in [6.45, 7) is 3.15. The third-order valence-electron chi connectivity index (χ3n) is 4.68. The lowest BCUT2D eigenvalue weighted by atomic mass is 10.2. The van der Waals surface area contributed by atoms with Crippen LogP contribution >= 0.6 is 0 Å². The molecule has 1 amide bonds. The van der Waals surface area contributed by atoms with Gasteiger partial charge in [-0.2, -0.15) is 9.78 Å². The number of hydrogen-bond donors (Lipinski definition) is 1. The maximum Gasteiger partial charge on any atom is 0.343 e. The first-order valence-corrected chi connectivity index (χ1v) is 10.2. The highest BCUT2D eigenvalue weighted by Gasteiger charge is 2.23. The van der Waals surface area contributed by atoms with Crippen LogP contribution in [0.1, 0.15) is 34.6 Å². The normalized spacial score (nSPS) is 10.6. The van der Waals surface area contributed by atoms with E-state index in [9.17, 15) is 14.4 Å². The van der Waals surface area contributed by atoms with Crippen molar-refractivity contribution in [3.8, 4) is 11.6 Å². The van der Waals surface area contributed by atoms with E-state index in [0.717, 1.165) is 10.9 Å². The fourth-order valence-corrected chi connectivity index (χ4v) is 3.19. The SMILES string of the molecule is CCOC(=O)c1cnn(-c2ccc3ccccc3n2)c1NC(=O)c1ccc(OC(C)=O)cc1. The van der Waals surface area contributed by atoms with E-state index in [1.165, 1.54) is 42.1 Å². The van der Waals surface area contributed by atoms with E-state index in [4.69, 9.17) is 9.47 Å². The number of para-hydroxylation sites is 1. The van der Waals surface area contributed by atoms with E-state index in [1.807, 2.05) is 30.3 Å². The quantitative estimate of drug-likeness (QED) is 0.356. The van der Waals surface area contributed by atoms with Gasteiger partial charge in [0, 0.05) is 17.9 Å². The van der Waals surface area contributed by atoms with Crippen molar-refractivity contribution >= 4 is 34.6 Å². The number of benzene rings is 2. The van der Waals surface area contributed by atoms with E-state index in [2.05, 4.69) is 15.4 Å². The van der Waals surface area contributed by atoms with Crippen LogP contribution in [0.5, 0.6) is 5.75 Å². The monoisotopic (exact) mass is 444 g/mol. The molecule has 0 bridgehead atoms. The molecule has 166 valence electrons. The molecular formula is C24H20N4O5. The number of amides is 1. The molecule has 0 unspecified atom stereocenters. The lowest BCUT2D eigenvalue weighted by molar-refractivity contribution is -0.131. The number of carbonyl (C=O) groups excluding carboxylic acids is 3. The van der Waals surface area contributed by atoms with Crippen LogP contribution in [-0.2, 0) is 9.53 Å². The molecule has 4 rings (SSSR count). The predicted molar refractivity (Wildman–Crippen MR) is 121 cm³/mol. The number of nitrogens with zero attached hydrogens (tertiary/aromatic N) is 3. The zero-order valence-electron chi connectivity index (χ0n) is 17.9. The molecule has 9 heteroatoms. The third-order valence-corrected chi connectivity index (χ3v) is 4.68. The Morgan fingerprint density at radius 2 is 1.76 bits per heavy atom. The molecule has 0 aliphatic heterocycles. The number of carbonyl (C=O) groups is 3. The van der Waals surface area contributed by atoms with Crippen molar-refractivity contribution in [1.82, 2.24) is 14.8 Å². The highest BCUT2D eigenvalue weighted by atomic mass is 16.5. The van der Waals surface area contributed by atoms with Gasteiger partial charge in [0.2, 0.25) is 0 Å². The molecular weight excluding hydrogens is 424 g/mol. The lowest BCUT2D eigenvalue weighted by Gasteiger charge is -2.11. The Morgan fingerprint density at radius 3 is 2.48 bits per heavy atom. The Hall–Kier alpha value is -4.53. The smallest absolute Gasteiger partial charge is 0.343 e.